The quantitative estimate of drug-likeness (QED) is 0.206. The van der Waals surface area contributed by atoms with Crippen LogP contribution in [0.4, 0.5) is 0 Å². The van der Waals surface area contributed by atoms with Gasteiger partial charge in [0.1, 0.15) is 58.6 Å². The Morgan fingerprint density at radius 2 is 1.50 bits per heavy atom. The Morgan fingerprint density at radius 1 is 0.893 bits per heavy atom. The fourth-order valence-corrected chi connectivity index (χ4v) is 4.05. The Bertz CT molecular complexity index is 525. The molecule has 2 aliphatic rings. The van der Waals surface area contributed by atoms with Gasteiger partial charge in [-0.05, 0) is 0 Å². The highest BCUT2D eigenvalue weighted by Gasteiger charge is 2.50. The number of thiocarbonyl (C=S) groups is 1. The molecule has 2 fully saturated rings. The molecule has 0 amide bonds. The second kappa shape index (κ2) is 10.2. The minimum atomic E-state index is -1.70. The van der Waals surface area contributed by atoms with Gasteiger partial charge in [-0.15, -0.1) is 0 Å². The Morgan fingerprint density at radius 3 is 2.04 bits per heavy atom. The smallest absolute Gasteiger partial charge is 0.187 e. The van der Waals surface area contributed by atoms with Gasteiger partial charge < -0.3 is 54.9 Å². The van der Waals surface area contributed by atoms with Crippen LogP contribution < -0.4 is 0 Å². The van der Waals surface area contributed by atoms with Crippen molar-refractivity contribution in [2.75, 3.05) is 27.3 Å². The van der Waals surface area contributed by atoms with Crippen LogP contribution in [0.5, 0.6) is 0 Å². The van der Waals surface area contributed by atoms with Crippen LogP contribution in [-0.4, -0.2) is 133 Å². The minimum Gasteiger partial charge on any atom is -0.394 e. The zero-order valence-corrected chi connectivity index (χ0v) is 16.9. The second-order valence-corrected chi connectivity index (χ2v) is 8.51. The largest absolute Gasteiger partial charge is 0.394 e. The van der Waals surface area contributed by atoms with E-state index in [-0.39, 0.29) is 0 Å². The lowest BCUT2D eigenvalue weighted by atomic mass is 9.97. The fourth-order valence-electron chi connectivity index (χ4n) is 2.86. The molecule has 2 aliphatic heterocycles. The molecule has 2 rings (SSSR count). The second-order valence-electron chi connectivity index (χ2n) is 6.78. The molecule has 7 N–H and O–H groups in total. The lowest BCUT2D eigenvalue weighted by Gasteiger charge is -2.46. The summed E-state index contributed by atoms with van der Waals surface area (Å²) in [5.41, 5.74) is -0.975. The molecular weight excluding hydrogens is 418 g/mol. The molecule has 2 saturated heterocycles. The van der Waals surface area contributed by atoms with Gasteiger partial charge in [0.15, 0.2) is 6.29 Å². The van der Waals surface area contributed by atoms with Crippen molar-refractivity contribution in [3.8, 4) is 0 Å². The molecule has 0 radical (unpaired) electrons. The van der Waals surface area contributed by atoms with E-state index >= 15 is 0 Å². The molecule has 28 heavy (non-hydrogen) atoms. The maximum atomic E-state index is 10.5. The average Bonchev–Trinajstić information content (AvgIpc) is 2.67. The number of hydrogen-bond acceptors (Lipinski definition) is 12. The molecule has 0 unspecified atom stereocenters. The van der Waals surface area contributed by atoms with E-state index in [4.69, 9.17) is 26.4 Å². The molecule has 0 bridgehead atoms. The van der Waals surface area contributed by atoms with Gasteiger partial charge >= 0.3 is 0 Å². The maximum Gasteiger partial charge on any atom is 0.187 e. The molecule has 0 aliphatic carbocycles. The maximum absolute atomic E-state index is 10.5. The highest BCUT2D eigenvalue weighted by Crippen LogP contribution is 2.33. The van der Waals surface area contributed by atoms with Gasteiger partial charge in [-0.1, -0.05) is 24.0 Å². The van der Waals surface area contributed by atoms with Crippen LogP contribution in [0.2, 0.25) is 0 Å². The van der Waals surface area contributed by atoms with Crippen LogP contribution in [0.15, 0.2) is 0 Å². The van der Waals surface area contributed by atoms with E-state index in [1.807, 2.05) is 0 Å². The number of ether oxygens (including phenoxy) is 3. The van der Waals surface area contributed by atoms with Crippen LogP contribution >= 0.6 is 24.0 Å². The molecule has 0 saturated carbocycles. The van der Waals surface area contributed by atoms with Gasteiger partial charge in [-0.3, -0.25) is 0 Å². The predicted molar refractivity (Wildman–Crippen MR) is 100 cm³/mol. The van der Waals surface area contributed by atoms with E-state index in [1.165, 1.54) is 0 Å². The number of nitrogens with zero attached hydrogens (tertiary/aromatic N) is 1. The first-order valence-electron chi connectivity index (χ1n) is 8.58. The average molecular weight is 446 g/mol. The first-order valence-corrected chi connectivity index (χ1v) is 9.87. The van der Waals surface area contributed by atoms with E-state index in [0.29, 0.717) is 4.32 Å². The Balaban J connectivity index is 2.11. The van der Waals surface area contributed by atoms with Crippen molar-refractivity contribution < 1.29 is 50.0 Å². The predicted octanol–water partition coefficient (Wildman–Crippen LogP) is -3.81. The summed E-state index contributed by atoms with van der Waals surface area (Å²) in [6.45, 7) is -1.24. The summed E-state index contributed by atoms with van der Waals surface area (Å²) in [7, 11) is 3.41. The summed E-state index contributed by atoms with van der Waals surface area (Å²) in [5, 5.41) is 69.5. The normalized spacial score (nSPS) is 44.3. The van der Waals surface area contributed by atoms with Crippen LogP contribution in [0, 0.1) is 0 Å². The van der Waals surface area contributed by atoms with Gasteiger partial charge in [-0.2, -0.15) is 0 Å². The number of aliphatic hydroxyl groups is 7. The third kappa shape index (κ3) is 5.11. The van der Waals surface area contributed by atoms with Crippen LogP contribution in [0.1, 0.15) is 0 Å². The molecule has 0 aromatic heterocycles. The van der Waals surface area contributed by atoms with Crippen molar-refractivity contribution in [2.24, 2.45) is 0 Å². The van der Waals surface area contributed by atoms with E-state index in [0.717, 1.165) is 11.8 Å². The number of hydrogen-bond donors (Lipinski definition) is 7. The molecule has 10 atom stereocenters. The molecular formula is C15H27NO10S2. The van der Waals surface area contributed by atoms with Gasteiger partial charge in [0.2, 0.25) is 0 Å². The summed E-state index contributed by atoms with van der Waals surface area (Å²) in [6.07, 6.45) is -13.1. The van der Waals surface area contributed by atoms with E-state index in [9.17, 15) is 35.7 Å². The highest BCUT2D eigenvalue weighted by atomic mass is 32.2. The summed E-state index contributed by atoms with van der Waals surface area (Å²) >= 11 is 6.13. The van der Waals surface area contributed by atoms with Crippen molar-refractivity contribution in [1.82, 2.24) is 4.90 Å². The number of thioether (sulfide) groups is 1. The number of aliphatic hydroxyl groups excluding tert-OH is 7. The topological polar surface area (TPSA) is 173 Å². The lowest BCUT2D eigenvalue weighted by Crippen LogP contribution is -2.64. The molecule has 0 spiro atoms. The molecule has 11 nitrogen and oxygen atoms in total. The molecule has 164 valence electrons. The lowest BCUT2D eigenvalue weighted by molar-refractivity contribution is -0.338. The van der Waals surface area contributed by atoms with Crippen molar-refractivity contribution >= 4 is 28.3 Å². The van der Waals surface area contributed by atoms with Crippen molar-refractivity contribution in [3.05, 3.63) is 0 Å². The standard InChI is InChI=1S/C15H27NO10S2/c1-16(2)15(27)28-14-11(23)9(21)12(6(4-18)25-14)26-13-10(22)8(20)7(19)5(3-17)24-13/h5-14,17-23H,3-4H2,1-2H3/t5-,6-,7+,8+,9-,10+,11-,12+,13+,14-/m0/s1. The van der Waals surface area contributed by atoms with E-state index in [1.54, 1.807) is 19.0 Å². The minimum absolute atomic E-state index is 0.390. The first-order chi connectivity index (χ1) is 13.1. The molecule has 13 heteroatoms. The summed E-state index contributed by atoms with van der Waals surface area (Å²) in [5.74, 6) is 0. The summed E-state index contributed by atoms with van der Waals surface area (Å²) < 4.78 is 16.7. The Kier molecular flexibility index (Phi) is 8.82. The van der Waals surface area contributed by atoms with Crippen LogP contribution in [0.3, 0.4) is 0 Å². The number of rotatable bonds is 5. The van der Waals surface area contributed by atoms with Crippen LogP contribution in [0.25, 0.3) is 0 Å². The summed E-state index contributed by atoms with van der Waals surface area (Å²) in [4.78, 5) is 1.62. The third-order valence-electron chi connectivity index (χ3n) is 4.54. The molecule has 0 aromatic rings. The van der Waals surface area contributed by atoms with Gasteiger partial charge in [0.25, 0.3) is 0 Å². The zero-order valence-electron chi connectivity index (χ0n) is 15.3. The SMILES string of the molecule is CN(C)C(=S)S[C@@H]1O[C@@H](CO)[C@@H](O[C@H]2O[C@@H](CO)[C@@H](O)[C@@H](O)[C@H]2O)[C@@H](O)[C@@H]1O. The van der Waals surface area contributed by atoms with Gasteiger partial charge in [0.05, 0.1) is 13.2 Å². The highest BCUT2D eigenvalue weighted by molar-refractivity contribution is 8.23. The van der Waals surface area contributed by atoms with E-state index < -0.39 is 73.8 Å². The molecule has 0 aromatic carbocycles. The fraction of sp³-hybridized carbons (Fsp3) is 0.933. The van der Waals surface area contributed by atoms with Crippen LogP contribution in [-0.2, 0) is 14.2 Å². The van der Waals surface area contributed by atoms with Crippen molar-refractivity contribution in [2.45, 2.75) is 60.6 Å². The Hall–Kier alpha value is -0.160. The molecule has 2 heterocycles. The van der Waals surface area contributed by atoms with Gasteiger partial charge in [0, 0.05) is 14.1 Å². The van der Waals surface area contributed by atoms with Crippen molar-refractivity contribution in [1.29, 1.82) is 0 Å². The summed E-state index contributed by atoms with van der Waals surface area (Å²) in [6, 6.07) is 0. The van der Waals surface area contributed by atoms with Gasteiger partial charge in [-0.25, -0.2) is 0 Å². The third-order valence-corrected chi connectivity index (χ3v) is 6.39. The monoisotopic (exact) mass is 445 g/mol. The first kappa shape index (κ1) is 24.1. The van der Waals surface area contributed by atoms with Crippen molar-refractivity contribution in [3.63, 3.8) is 0 Å². The zero-order chi connectivity index (χ0) is 21.2. The Labute approximate surface area is 171 Å². The van der Waals surface area contributed by atoms with E-state index in [2.05, 4.69) is 0 Å².